The van der Waals surface area contributed by atoms with Gasteiger partial charge >= 0.3 is 5.97 Å². The van der Waals surface area contributed by atoms with Gasteiger partial charge in [-0.3, -0.25) is 4.79 Å². The zero-order chi connectivity index (χ0) is 26.1. The Balaban J connectivity index is 1.84. The number of aromatic nitrogens is 3. The van der Waals surface area contributed by atoms with Crippen LogP contribution in [0, 0.1) is 20.8 Å². The van der Waals surface area contributed by atoms with E-state index in [0.29, 0.717) is 22.3 Å². The molecule has 36 heavy (non-hydrogen) atoms. The highest BCUT2D eigenvalue weighted by molar-refractivity contribution is 9.10. The molecule has 0 unspecified atom stereocenters. The Labute approximate surface area is 218 Å². The second kappa shape index (κ2) is 10.2. The normalized spacial score (nSPS) is 12.4. The van der Waals surface area contributed by atoms with E-state index in [-0.39, 0.29) is 17.4 Å². The number of carbonyl (C=O) groups is 1. The number of benzene rings is 2. The van der Waals surface area contributed by atoms with Crippen LogP contribution in [0.5, 0.6) is 0 Å². The lowest BCUT2D eigenvalue weighted by molar-refractivity contribution is 0.0600. The molecule has 7 nitrogen and oxygen atoms in total. The predicted octanol–water partition coefficient (Wildman–Crippen LogP) is 6.06. The van der Waals surface area contributed by atoms with E-state index < -0.39 is 0 Å². The Morgan fingerprint density at radius 1 is 1.19 bits per heavy atom. The average Bonchev–Trinajstić information content (AvgIpc) is 3.15. The summed E-state index contributed by atoms with van der Waals surface area (Å²) < 4.78 is 9.25. The highest BCUT2D eigenvalue weighted by Gasteiger charge is 2.18. The van der Waals surface area contributed by atoms with Gasteiger partial charge in [0.15, 0.2) is 0 Å². The number of carbonyl (C=O) groups excluding carboxylic acids is 1. The molecule has 0 aliphatic heterocycles. The Hall–Kier alpha value is -3.52. The fourth-order valence-electron chi connectivity index (χ4n) is 4.38. The summed E-state index contributed by atoms with van der Waals surface area (Å²) in [4.78, 5) is 30.4. The van der Waals surface area contributed by atoms with Gasteiger partial charge in [0.2, 0.25) is 0 Å². The van der Waals surface area contributed by atoms with Crippen LogP contribution in [0.4, 0.5) is 0 Å². The zero-order valence-electron chi connectivity index (χ0n) is 21.3. The maximum atomic E-state index is 13.4. The molecule has 0 aliphatic carbocycles. The molecule has 8 heteroatoms. The van der Waals surface area contributed by atoms with Gasteiger partial charge < -0.3 is 9.30 Å². The first kappa shape index (κ1) is 25.6. The van der Waals surface area contributed by atoms with Gasteiger partial charge in [-0.25, -0.2) is 9.78 Å². The Morgan fingerprint density at radius 2 is 1.94 bits per heavy atom. The molecule has 186 valence electrons. The Morgan fingerprint density at radius 3 is 2.64 bits per heavy atom. The van der Waals surface area contributed by atoms with Crippen molar-refractivity contribution in [3.05, 3.63) is 91.2 Å². The van der Waals surface area contributed by atoms with Crippen molar-refractivity contribution in [3.8, 4) is 5.69 Å². The Bertz CT molecular complexity index is 1570. The first-order chi connectivity index (χ1) is 17.2. The summed E-state index contributed by atoms with van der Waals surface area (Å²) in [6.45, 7) is 10.0. The number of methoxy groups -OCH3 is 1. The van der Waals surface area contributed by atoms with Crippen molar-refractivity contribution < 1.29 is 9.53 Å². The molecule has 0 bridgehead atoms. The highest BCUT2D eigenvalue weighted by atomic mass is 79.9. The molecule has 4 aromatic rings. The van der Waals surface area contributed by atoms with Crippen molar-refractivity contribution in [1.29, 1.82) is 0 Å². The van der Waals surface area contributed by atoms with Crippen molar-refractivity contribution in [2.45, 2.75) is 47.0 Å². The molecule has 0 N–H and O–H groups in total. The van der Waals surface area contributed by atoms with Gasteiger partial charge in [-0.1, -0.05) is 35.8 Å². The molecular weight excluding hydrogens is 520 g/mol. The maximum Gasteiger partial charge on any atom is 0.338 e. The third kappa shape index (κ3) is 4.53. The summed E-state index contributed by atoms with van der Waals surface area (Å²) in [7, 11) is 1.38. The monoisotopic (exact) mass is 548 g/mol. The number of fused-ring (bicyclic) bond motifs is 1. The molecule has 2 aromatic heterocycles. The van der Waals surface area contributed by atoms with Gasteiger partial charge in [0.1, 0.15) is 5.82 Å². The van der Waals surface area contributed by atoms with Crippen molar-refractivity contribution in [1.82, 2.24) is 14.2 Å². The van der Waals surface area contributed by atoms with E-state index in [1.807, 2.05) is 58.0 Å². The first-order valence-electron chi connectivity index (χ1n) is 11.8. The number of hydrogen-bond donors (Lipinski definition) is 0. The number of hydrogen-bond acceptors (Lipinski definition) is 5. The fraction of sp³-hybridized carbons (Fsp3) is 0.286. The van der Waals surface area contributed by atoms with Gasteiger partial charge in [0.25, 0.3) is 5.56 Å². The standard InChI is InChI=1S/C28H29BrN4O3/c1-7-16(2)26-31-24-12-11-21(29)14-23(24)27(34)33(26)30-15-20-13-17(3)32(19(20)5)25-10-8-9-22(18(25)4)28(35)36-6/h8-16H,7H2,1-6H3/t16-/m1/s1. The van der Waals surface area contributed by atoms with E-state index in [1.165, 1.54) is 11.8 Å². The van der Waals surface area contributed by atoms with E-state index in [1.54, 1.807) is 18.3 Å². The number of halogens is 1. The maximum absolute atomic E-state index is 13.4. The van der Waals surface area contributed by atoms with E-state index in [2.05, 4.69) is 32.5 Å². The zero-order valence-corrected chi connectivity index (χ0v) is 22.9. The van der Waals surface area contributed by atoms with Crippen LogP contribution in [0.2, 0.25) is 0 Å². The van der Waals surface area contributed by atoms with Crippen molar-refractivity contribution in [3.63, 3.8) is 0 Å². The number of rotatable bonds is 6. The third-order valence-electron chi connectivity index (χ3n) is 6.62. The van der Waals surface area contributed by atoms with E-state index in [0.717, 1.165) is 39.1 Å². The number of nitrogens with zero attached hydrogens (tertiary/aromatic N) is 4. The van der Waals surface area contributed by atoms with Crippen molar-refractivity contribution >= 4 is 39.0 Å². The number of esters is 1. The average molecular weight is 549 g/mol. The van der Waals surface area contributed by atoms with Gasteiger partial charge in [-0.2, -0.15) is 9.78 Å². The first-order valence-corrected chi connectivity index (χ1v) is 12.6. The fourth-order valence-corrected chi connectivity index (χ4v) is 4.75. The molecule has 0 saturated heterocycles. The van der Waals surface area contributed by atoms with Crippen LogP contribution in [0.3, 0.4) is 0 Å². The van der Waals surface area contributed by atoms with E-state index in [4.69, 9.17) is 9.72 Å². The van der Waals surface area contributed by atoms with Crippen LogP contribution in [0.25, 0.3) is 16.6 Å². The second-order valence-electron chi connectivity index (χ2n) is 8.91. The summed E-state index contributed by atoms with van der Waals surface area (Å²) in [5, 5.41) is 5.14. The van der Waals surface area contributed by atoms with Gasteiger partial charge in [0.05, 0.1) is 29.8 Å². The Kier molecular flexibility index (Phi) is 7.26. The predicted molar refractivity (Wildman–Crippen MR) is 147 cm³/mol. The summed E-state index contributed by atoms with van der Waals surface area (Å²) in [6, 6.07) is 13.1. The lowest BCUT2D eigenvalue weighted by atomic mass is 10.1. The minimum absolute atomic E-state index is 0.0547. The third-order valence-corrected chi connectivity index (χ3v) is 7.11. The summed E-state index contributed by atoms with van der Waals surface area (Å²) >= 11 is 3.45. The van der Waals surface area contributed by atoms with Crippen LogP contribution in [-0.2, 0) is 4.74 Å². The van der Waals surface area contributed by atoms with Crippen molar-refractivity contribution in [2.24, 2.45) is 5.10 Å². The van der Waals surface area contributed by atoms with Crippen LogP contribution in [0.1, 0.15) is 64.9 Å². The van der Waals surface area contributed by atoms with Gasteiger partial charge in [-0.05, 0) is 69.2 Å². The largest absolute Gasteiger partial charge is 0.465 e. The molecule has 0 fully saturated rings. The smallest absolute Gasteiger partial charge is 0.338 e. The van der Waals surface area contributed by atoms with Crippen LogP contribution >= 0.6 is 15.9 Å². The minimum Gasteiger partial charge on any atom is -0.465 e. The molecule has 2 aromatic carbocycles. The SMILES string of the molecule is CC[C@@H](C)c1nc2ccc(Br)cc2c(=O)n1N=Cc1cc(C)n(-c2cccc(C(=O)OC)c2C)c1C. The second-order valence-corrected chi connectivity index (χ2v) is 9.82. The van der Waals surface area contributed by atoms with Crippen LogP contribution in [0.15, 0.2) is 56.8 Å². The molecule has 0 spiro atoms. The van der Waals surface area contributed by atoms with Gasteiger partial charge in [-0.15, -0.1) is 0 Å². The quantitative estimate of drug-likeness (QED) is 0.217. The lowest BCUT2D eigenvalue weighted by Crippen LogP contribution is -2.23. The minimum atomic E-state index is -0.369. The van der Waals surface area contributed by atoms with Crippen LogP contribution in [-0.4, -0.2) is 33.5 Å². The van der Waals surface area contributed by atoms with Crippen molar-refractivity contribution in [2.75, 3.05) is 7.11 Å². The van der Waals surface area contributed by atoms with E-state index in [9.17, 15) is 9.59 Å². The molecule has 1 atom stereocenters. The molecule has 0 aliphatic rings. The summed E-state index contributed by atoms with van der Waals surface area (Å²) in [6.07, 6.45) is 2.53. The van der Waals surface area contributed by atoms with Crippen LogP contribution < -0.4 is 5.56 Å². The number of aryl methyl sites for hydroxylation is 1. The molecule has 0 amide bonds. The molecule has 4 rings (SSSR count). The summed E-state index contributed by atoms with van der Waals surface area (Å²) in [5.41, 5.74) is 5.48. The molecule has 2 heterocycles. The molecule has 0 saturated carbocycles. The number of ether oxygens (including phenoxy) is 1. The highest BCUT2D eigenvalue weighted by Crippen LogP contribution is 2.25. The lowest BCUT2D eigenvalue weighted by Gasteiger charge is -2.15. The van der Waals surface area contributed by atoms with Gasteiger partial charge in [0, 0.05) is 33.0 Å². The molecular formula is C28H29BrN4O3. The molecule has 0 radical (unpaired) electrons. The topological polar surface area (TPSA) is 78.5 Å². The van der Waals surface area contributed by atoms with E-state index >= 15 is 0 Å². The summed E-state index contributed by atoms with van der Waals surface area (Å²) in [5.74, 6) is 0.314.